The summed E-state index contributed by atoms with van der Waals surface area (Å²) in [5.74, 6) is -1.02. The zero-order valence-corrected chi connectivity index (χ0v) is 13.3. The summed E-state index contributed by atoms with van der Waals surface area (Å²) in [4.78, 5) is 24.9. The normalized spacial score (nSPS) is 15.6. The van der Waals surface area contributed by atoms with Crippen molar-refractivity contribution in [3.05, 3.63) is 34.9 Å². The predicted molar refractivity (Wildman–Crippen MR) is 85.0 cm³/mol. The van der Waals surface area contributed by atoms with Crippen LogP contribution in [0.3, 0.4) is 0 Å². The maximum absolute atomic E-state index is 12.0. The number of carbonyl (C=O) groups is 2. The van der Waals surface area contributed by atoms with Crippen molar-refractivity contribution in [1.29, 1.82) is 0 Å². The van der Waals surface area contributed by atoms with E-state index >= 15 is 0 Å². The number of halogens is 1. The van der Waals surface area contributed by atoms with Crippen molar-refractivity contribution in [3.63, 3.8) is 0 Å². The van der Waals surface area contributed by atoms with Crippen molar-refractivity contribution < 1.29 is 14.7 Å². The third-order valence-corrected chi connectivity index (χ3v) is 4.10. The molecule has 0 aliphatic heterocycles. The van der Waals surface area contributed by atoms with Gasteiger partial charge in [0.05, 0.1) is 6.54 Å². The number of hydrogen-bond acceptors (Lipinski definition) is 3. The van der Waals surface area contributed by atoms with Gasteiger partial charge < -0.3 is 10.4 Å². The number of hydrogen-bond donors (Lipinski definition) is 2. The second kappa shape index (κ2) is 7.61. The second-order valence-electron chi connectivity index (χ2n) is 5.64. The number of carboxylic acids is 1. The molecule has 1 amide bonds. The fourth-order valence-electron chi connectivity index (χ4n) is 2.35. The first-order chi connectivity index (χ1) is 10.5. The zero-order valence-electron chi connectivity index (χ0n) is 12.6. The van der Waals surface area contributed by atoms with E-state index in [0.29, 0.717) is 11.6 Å². The lowest BCUT2D eigenvalue weighted by molar-refractivity contribution is -0.143. The van der Waals surface area contributed by atoms with Crippen LogP contribution in [0.1, 0.15) is 25.3 Å². The molecule has 0 spiro atoms. The Bertz CT molecular complexity index is 529. The van der Waals surface area contributed by atoms with Gasteiger partial charge in [-0.15, -0.1) is 0 Å². The van der Waals surface area contributed by atoms with Crippen molar-refractivity contribution in [2.75, 3.05) is 13.1 Å². The third kappa shape index (κ3) is 5.00. The molecule has 0 bridgehead atoms. The molecular formula is C16H21ClN2O3. The van der Waals surface area contributed by atoms with Crippen LogP contribution in [0, 0.1) is 0 Å². The highest BCUT2D eigenvalue weighted by molar-refractivity contribution is 6.30. The molecule has 2 N–H and O–H groups in total. The first kappa shape index (κ1) is 16.8. The Labute approximate surface area is 135 Å². The van der Waals surface area contributed by atoms with Gasteiger partial charge in [-0.05, 0) is 43.9 Å². The first-order valence-electron chi connectivity index (χ1n) is 7.47. The quantitative estimate of drug-likeness (QED) is 0.766. The molecule has 1 fully saturated rings. The molecule has 0 heterocycles. The van der Waals surface area contributed by atoms with Crippen LogP contribution in [-0.4, -0.2) is 47.1 Å². The molecule has 2 rings (SSSR count). The zero-order chi connectivity index (χ0) is 16.1. The fourth-order valence-corrected chi connectivity index (χ4v) is 2.48. The predicted octanol–water partition coefficient (Wildman–Crippen LogP) is 1.94. The number of carbonyl (C=O) groups excluding carboxylic acids is 1. The summed E-state index contributed by atoms with van der Waals surface area (Å²) >= 11 is 5.82. The summed E-state index contributed by atoms with van der Waals surface area (Å²) in [5, 5.41) is 12.6. The topological polar surface area (TPSA) is 69.6 Å². The summed E-state index contributed by atoms with van der Waals surface area (Å²) < 4.78 is 0. The highest BCUT2D eigenvalue weighted by atomic mass is 35.5. The molecule has 1 unspecified atom stereocenters. The third-order valence-electron chi connectivity index (χ3n) is 3.85. The molecule has 6 heteroatoms. The monoisotopic (exact) mass is 324 g/mol. The van der Waals surface area contributed by atoms with Gasteiger partial charge >= 0.3 is 5.97 Å². The number of nitrogens with one attached hydrogen (secondary N) is 1. The summed E-state index contributed by atoms with van der Waals surface area (Å²) in [6.45, 7) is 2.29. The lowest BCUT2D eigenvalue weighted by Crippen LogP contribution is -2.46. The number of aliphatic carboxylic acids is 1. The van der Waals surface area contributed by atoms with Crippen LogP contribution < -0.4 is 5.32 Å². The van der Waals surface area contributed by atoms with Gasteiger partial charge in [-0.3, -0.25) is 14.5 Å². The minimum absolute atomic E-state index is 0.131. The molecule has 22 heavy (non-hydrogen) atoms. The molecule has 1 saturated carbocycles. The van der Waals surface area contributed by atoms with Crippen molar-refractivity contribution in [2.45, 2.75) is 38.3 Å². The van der Waals surface area contributed by atoms with E-state index < -0.39 is 12.0 Å². The van der Waals surface area contributed by atoms with E-state index in [1.165, 1.54) is 0 Å². The van der Waals surface area contributed by atoms with E-state index in [1.54, 1.807) is 11.8 Å². The number of benzene rings is 1. The first-order valence-corrected chi connectivity index (χ1v) is 7.85. The Kier molecular flexibility index (Phi) is 5.80. The standard InChI is InChI=1S/C16H21ClN2O3/c1-11(16(21)22)19(14-6-7-14)10-15(20)18-9-8-12-2-4-13(17)5-3-12/h2-5,11,14H,6-10H2,1H3,(H,18,20)(H,21,22). The van der Waals surface area contributed by atoms with Crippen LogP contribution in [0.15, 0.2) is 24.3 Å². The van der Waals surface area contributed by atoms with Gasteiger partial charge in [0.1, 0.15) is 6.04 Å². The summed E-state index contributed by atoms with van der Waals surface area (Å²) in [7, 11) is 0. The van der Waals surface area contributed by atoms with Gasteiger partial charge in [0.15, 0.2) is 0 Å². The fraction of sp³-hybridized carbons (Fsp3) is 0.500. The van der Waals surface area contributed by atoms with Crippen LogP contribution in [0.4, 0.5) is 0 Å². The number of carboxylic acid groups (broad SMARTS) is 1. The van der Waals surface area contributed by atoms with Crippen LogP contribution in [0.25, 0.3) is 0 Å². The van der Waals surface area contributed by atoms with E-state index in [0.717, 1.165) is 24.8 Å². The number of nitrogens with zero attached hydrogens (tertiary/aromatic N) is 1. The Morgan fingerprint density at radius 3 is 2.55 bits per heavy atom. The molecule has 0 aromatic heterocycles. The highest BCUT2D eigenvalue weighted by Crippen LogP contribution is 2.28. The van der Waals surface area contributed by atoms with E-state index in [4.69, 9.17) is 16.7 Å². The SMILES string of the molecule is CC(C(=O)O)N(CC(=O)NCCc1ccc(Cl)cc1)C1CC1. The molecule has 1 aliphatic rings. The Hall–Kier alpha value is -1.59. The van der Waals surface area contributed by atoms with Crippen molar-refractivity contribution in [1.82, 2.24) is 10.2 Å². The molecular weight excluding hydrogens is 304 g/mol. The highest BCUT2D eigenvalue weighted by Gasteiger charge is 2.35. The maximum atomic E-state index is 12.0. The van der Waals surface area contributed by atoms with Gasteiger partial charge in [-0.2, -0.15) is 0 Å². The van der Waals surface area contributed by atoms with Crippen molar-refractivity contribution in [2.24, 2.45) is 0 Å². The van der Waals surface area contributed by atoms with E-state index in [1.807, 2.05) is 24.3 Å². The average molecular weight is 325 g/mol. The molecule has 5 nitrogen and oxygen atoms in total. The van der Waals surface area contributed by atoms with Crippen LogP contribution in [-0.2, 0) is 16.0 Å². The minimum atomic E-state index is -0.888. The lowest BCUT2D eigenvalue weighted by atomic mass is 10.1. The molecule has 1 atom stereocenters. The number of amides is 1. The van der Waals surface area contributed by atoms with Crippen molar-refractivity contribution in [3.8, 4) is 0 Å². The Balaban J connectivity index is 1.76. The molecule has 1 aromatic rings. The molecule has 0 radical (unpaired) electrons. The molecule has 1 aromatic carbocycles. The smallest absolute Gasteiger partial charge is 0.320 e. The van der Waals surface area contributed by atoms with Crippen LogP contribution >= 0.6 is 11.6 Å². The van der Waals surface area contributed by atoms with E-state index in [2.05, 4.69) is 5.32 Å². The van der Waals surface area contributed by atoms with Gasteiger partial charge in [-0.1, -0.05) is 23.7 Å². The average Bonchev–Trinajstić information content (AvgIpc) is 3.30. The van der Waals surface area contributed by atoms with Crippen LogP contribution in [0.5, 0.6) is 0 Å². The Morgan fingerprint density at radius 2 is 2.00 bits per heavy atom. The number of rotatable bonds is 8. The largest absolute Gasteiger partial charge is 0.480 e. The van der Waals surface area contributed by atoms with Crippen molar-refractivity contribution >= 4 is 23.5 Å². The Morgan fingerprint density at radius 1 is 1.36 bits per heavy atom. The maximum Gasteiger partial charge on any atom is 0.320 e. The summed E-state index contributed by atoms with van der Waals surface area (Å²) in [6, 6.07) is 7.10. The lowest BCUT2D eigenvalue weighted by Gasteiger charge is -2.25. The van der Waals surface area contributed by atoms with Gasteiger partial charge in [0.25, 0.3) is 0 Å². The van der Waals surface area contributed by atoms with E-state index in [-0.39, 0.29) is 18.5 Å². The summed E-state index contributed by atoms with van der Waals surface area (Å²) in [5.41, 5.74) is 1.10. The molecule has 0 saturated heterocycles. The van der Waals surface area contributed by atoms with E-state index in [9.17, 15) is 9.59 Å². The minimum Gasteiger partial charge on any atom is -0.480 e. The van der Waals surface area contributed by atoms with Gasteiger partial charge in [0, 0.05) is 17.6 Å². The molecule has 1 aliphatic carbocycles. The second-order valence-corrected chi connectivity index (χ2v) is 6.08. The van der Waals surface area contributed by atoms with Gasteiger partial charge in [-0.25, -0.2) is 0 Å². The van der Waals surface area contributed by atoms with Crippen LogP contribution in [0.2, 0.25) is 5.02 Å². The summed E-state index contributed by atoms with van der Waals surface area (Å²) in [6.07, 6.45) is 2.66. The van der Waals surface area contributed by atoms with Gasteiger partial charge in [0.2, 0.25) is 5.91 Å². The molecule has 120 valence electrons.